The van der Waals surface area contributed by atoms with Crippen LogP contribution in [0.25, 0.3) is 10.8 Å². The molecule has 0 unspecified atom stereocenters. The molecule has 0 N–H and O–H groups in total. The molecule has 2 aromatic carbocycles. The molecule has 0 heterocycles. The first-order chi connectivity index (χ1) is 7.16. The Morgan fingerprint density at radius 1 is 1.07 bits per heavy atom. The molecule has 2 rings (SSSR count). The lowest BCUT2D eigenvalue weighted by Crippen LogP contribution is -1.95. The molecule has 0 heteroatoms. The maximum atomic E-state index is 2.32. The Bertz CT molecular complexity index is 466. The van der Waals surface area contributed by atoms with Gasteiger partial charge in [0.25, 0.3) is 0 Å². The molecule has 0 atom stereocenters. The van der Waals surface area contributed by atoms with E-state index < -0.39 is 0 Å². The monoisotopic (exact) mass is 198 g/mol. The fraction of sp³-hybridized carbons (Fsp3) is 0.333. The molecule has 0 amide bonds. The van der Waals surface area contributed by atoms with Crippen molar-refractivity contribution < 1.29 is 0 Å². The second-order valence-electron chi connectivity index (χ2n) is 4.74. The van der Waals surface area contributed by atoms with Crippen LogP contribution in [0.2, 0.25) is 0 Å². The van der Waals surface area contributed by atoms with Gasteiger partial charge in [0.15, 0.2) is 0 Å². The van der Waals surface area contributed by atoms with Crippen LogP contribution in [0.5, 0.6) is 0 Å². The normalized spacial score (nSPS) is 11.2. The fourth-order valence-electron chi connectivity index (χ4n) is 2.16. The molecule has 0 radical (unpaired) electrons. The van der Waals surface area contributed by atoms with E-state index in [9.17, 15) is 0 Å². The van der Waals surface area contributed by atoms with E-state index in [1.165, 1.54) is 28.3 Å². The zero-order chi connectivity index (χ0) is 10.8. The minimum Gasteiger partial charge on any atom is -0.0625 e. The first kappa shape index (κ1) is 10.2. The summed E-state index contributed by atoms with van der Waals surface area (Å²) in [5.74, 6) is 0.718. The Morgan fingerprint density at radius 3 is 2.53 bits per heavy atom. The number of hydrogen-bond donors (Lipinski definition) is 0. The Balaban J connectivity index is 2.60. The summed E-state index contributed by atoms with van der Waals surface area (Å²) in [4.78, 5) is 0. The smallest absolute Gasteiger partial charge is 0.0152 e. The molecule has 0 bridgehead atoms. The lowest BCUT2D eigenvalue weighted by molar-refractivity contribution is 0.650. The maximum Gasteiger partial charge on any atom is -0.0152 e. The van der Waals surface area contributed by atoms with Crippen molar-refractivity contribution in [1.82, 2.24) is 0 Å². The highest BCUT2D eigenvalue weighted by molar-refractivity contribution is 5.86. The van der Waals surface area contributed by atoms with Crippen LogP contribution in [-0.4, -0.2) is 0 Å². The van der Waals surface area contributed by atoms with Crippen LogP contribution in [0.3, 0.4) is 0 Å². The highest BCUT2D eigenvalue weighted by Gasteiger charge is 2.03. The Morgan fingerprint density at radius 2 is 1.80 bits per heavy atom. The molecule has 0 aliphatic rings. The van der Waals surface area contributed by atoms with Crippen molar-refractivity contribution in [1.29, 1.82) is 0 Å². The fourth-order valence-corrected chi connectivity index (χ4v) is 2.16. The molecular weight excluding hydrogens is 180 g/mol. The van der Waals surface area contributed by atoms with Gasteiger partial charge in [-0.05, 0) is 35.6 Å². The van der Waals surface area contributed by atoms with Crippen LogP contribution in [0.1, 0.15) is 25.0 Å². The summed E-state index contributed by atoms with van der Waals surface area (Å²) in [6.45, 7) is 6.73. The van der Waals surface area contributed by atoms with Crippen molar-refractivity contribution in [3.8, 4) is 0 Å². The quantitative estimate of drug-likeness (QED) is 0.673. The van der Waals surface area contributed by atoms with Gasteiger partial charge in [-0.15, -0.1) is 0 Å². The van der Waals surface area contributed by atoms with Gasteiger partial charge < -0.3 is 0 Å². The van der Waals surface area contributed by atoms with E-state index in [1.54, 1.807) is 0 Å². The summed E-state index contributed by atoms with van der Waals surface area (Å²) in [7, 11) is 0. The standard InChI is InChI=1S/C15H18/c1-11(2)8-14-10-12(3)9-13-6-4-5-7-15(13)14/h4-7,9-11H,8H2,1-3H3. The number of benzene rings is 2. The first-order valence-corrected chi connectivity index (χ1v) is 5.65. The molecule has 0 aromatic heterocycles. The SMILES string of the molecule is Cc1cc(CC(C)C)c2ccccc2c1. The van der Waals surface area contributed by atoms with E-state index in [2.05, 4.69) is 57.2 Å². The first-order valence-electron chi connectivity index (χ1n) is 5.65. The predicted octanol–water partition coefficient (Wildman–Crippen LogP) is 4.35. The van der Waals surface area contributed by atoms with Gasteiger partial charge >= 0.3 is 0 Å². The largest absolute Gasteiger partial charge is 0.0625 e. The summed E-state index contributed by atoms with van der Waals surface area (Å²) < 4.78 is 0. The van der Waals surface area contributed by atoms with Crippen LogP contribution in [0, 0.1) is 12.8 Å². The minimum atomic E-state index is 0.718. The second-order valence-corrected chi connectivity index (χ2v) is 4.74. The van der Waals surface area contributed by atoms with E-state index in [0.29, 0.717) is 0 Å². The van der Waals surface area contributed by atoms with Gasteiger partial charge in [-0.2, -0.15) is 0 Å². The van der Waals surface area contributed by atoms with Crippen molar-refractivity contribution in [3.05, 3.63) is 47.5 Å². The van der Waals surface area contributed by atoms with Gasteiger partial charge in [0.05, 0.1) is 0 Å². The number of aryl methyl sites for hydroxylation is 1. The molecule has 78 valence electrons. The van der Waals surface area contributed by atoms with E-state index in [0.717, 1.165) is 5.92 Å². The third-order valence-corrected chi connectivity index (χ3v) is 2.72. The number of rotatable bonds is 2. The number of fused-ring (bicyclic) bond motifs is 1. The molecule has 0 saturated carbocycles. The van der Waals surface area contributed by atoms with E-state index in [4.69, 9.17) is 0 Å². The van der Waals surface area contributed by atoms with Gasteiger partial charge in [0, 0.05) is 0 Å². The Labute approximate surface area is 91.9 Å². The Kier molecular flexibility index (Phi) is 2.77. The van der Waals surface area contributed by atoms with Crippen LogP contribution in [-0.2, 0) is 6.42 Å². The van der Waals surface area contributed by atoms with Gasteiger partial charge in [0.2, 0.25) is 0 Å². The van der Waals surface area contributed by atoms with Gasteiger partial charge in [-0.25, -0.2) is 0 Å². The van der Waals surface area contributed by atoms with Gasteiger partial charge in [-0.1, -0.05) is 55.8 Å². The maximum absolute atomic E-state index is 2.32. The van der Waals surface area contributed by atoms with Crippen molar-refractivity contribution >= 4 is 10.8 Å². The van der Waals surface area contributed by atoms with E-state index in [-0.39, 0.29) is 0 Å². The average molecular weight is 198 g/mol. The number of hydrogen-bond acceptors (Lipinski definition) is 0. The lowest BCUT2D eigenvalue weighted by Gasteiger charge is -2.10. The molecule has 0 spiro atoms. The van der Waals surface area contributed by atoms with Crippen LogP contribution >= 0.6 is 0 Å². The highest BCUT2D eigenvalue weighted by atomic mass is 14.1. The van der Waals surface area contributed by atoms with Crippen molar-refractivity contribution in [2.75, 3.05) is 0 Å². The second kappa shape index (κ2) is 4.06. The topological polar surface area (TPSA) is 0 Å². The average Bonchev–Trinajstić information content (AvgIpc) is 2.16. The predicted molar refractivity (Wildman–Crippen MR) is 67.2 cm³/mol. The zero-order valence-corrected chi connectivity index (χ0v) is 9.75. The van der Waals surface area contributed by atoms with Crippen LogP contribution < -0.4 is 0 Å². The minimum absolute atomic E-state index is 0.718. The molecule has 15 heavy (non-hydrogen) atoms. The molecule has 0 nitrogen and oxygen atoms in total. The third-order valence-electron chi connectivity index (χ3n) is 2.72. The summed E-state index contributed by atoms with van der Waals surface area (Å²) in [5.41, 5.74) is 2.85. The summed E-state index contributed by atoms with van der Waals surface area (Å²) in [6, 6.07) is 13.3. The zero-order valence-electron chi connectivity index (χ0n) is 9.75. The van der Waals surface area contributed by atoms with Crippen molar-refractivity contribution in [3.63, 3.8) is 0 Å². The van der Waals surface area contributed by atoms with Gasteiger partial charge in [-0.3, -0.25) is 0 Å². The van der Waals surface area contributed by atoms with E-state index >= 15 is 0 Å². The molecule has 2 aromatic rings. The molecule has 0 aliphatic heterocycles. The Hall–Kier alpha value is -1.30. The third kappa shape index (κ3) is 2.20. The molecule has 0 saturated heterocycles. The molecule has 0 aliphatic carbocycles. The molecule has 0 fully saturated rings. The summed E-state index contributed by atoms with van der Waals surface area (Å²) in [5, 5.41) is 2.78. The molecular formula is C15H18. The summed E-state index contributed by atoms with van der Waals surface area (Å²) >= 11 is 0. The van der Waals surface area contributed by atoms with Crippen molar-refractivity contribution in [2.24, 2.45) is 5.92 Å². The summed E-state index contributed by atoms with van der Waals surface area (Å²) in [6.07, 6.45) is 1.17. The highest BCUT2D eigenvalue weighted by Crippen LogP contribution is 2.23. The van der Waals surface area contributed by atoms with Crippen molar-refractivity contribution in [2.45, 2.75) is 27.2 Å². The lowest BCUT2D eigenvalue weighted by atomic mass is 9.95. The van der Waals surface area contributed by atoms with Crippen LogP contribution in [0.15, 0.2) is 36.4 Å². The van der Waals surface area contributed by atoms with E-state index in [1.807, 2.05) is 0 Å². The van der Waals surface area contributed by atoms with Gasteiger partial charge in [0.1, 0.15) is 0 Å². The van der Waals surface area contributed by atoms with Crippen LogP contribution in [0.4, 0.5) is 0 Å².